The molecule has 0 aliphatic carbocycles. The van der Waals surface area contributed by atoms with Crippen molar-refractivity contribution in [2.75, 3.05) is 32.6 Å². The average molecular weight is 284 g/mol. The summed E-state index contributed by atoms with van der Waals surface area (Å²) in [4.78, 5) is 2.12. The van der Waals surface area contributed by atoms with Gasteiger partial charge in [-0.25, -0.2) is 0 Å². The number of benzene rings is 2. The Bertz CT molecular complexity index is 564. The average Bonchev–Trinajstić information content (AvgIpc) is 2.53. The number of hydrogen-bond donors (Lipinski definition) is 1. The van der Waals surface area contributed by atoms with E-state index in [2.05, 4.69) is 55.4 Å². The van der Waals surface area contributed by atoms with Crippen molar-refractivity contribution in [3.8, 4) is 5.75 Å². The van der Waals surface area contributed by atoms with Gasteiger partial charge in [-0.1, -0.05) is 24.3 Å². The second kappa shape index (κ2) is 7.14. The second-order valence-corrected chi connectivity index (χ2v) is 5.47. The van der Waals surface area contributed by atoms with Crippen LogP contribution in [-0.4, -0.2) is 27.7 Å². The first kappa shape index (κ1) is 15.4. The van der Waals surface area contributed by atoms with E-state index in [0.717, 1.165) is 12.2 Å². The molecule has 1 unspecified atom stereocenters. The molecule has 2 rings (SSSR count). The predicted octanol–water partition coefficient (Wildman–Crippen LogP) is 3.05. The smallest absolute Gasteiger partial charge is 0.118 e. The first-order valence-corrected chi connectivity index (χ1v) is 7.24. The molecule has 3 nitrogen and oxygen atoms in total. The van der Waals surface area contributed by atoms with Gasteiger partial charge in [-0.2, -0.15) is 0 Å². The van der Waals surface area contributed by atoms with Gasteiger partial charge in [0.05, 0.1) is 7.11 Å². The van der Waals surface area contributed by atoms with Crippen LogP contribution in [0.1, 0.15) is 17.0 Å². The number of nitrogens with two attached hydrogens (primary N) is 1. The van der Waals surface area contributed by atoms with Crippen molar-refractivity contribution in [1.29, 1.82) is 0 Å². The van der Waals surface area contributed by atoms with Gasteiger partial charge in [0.25, 0.3) is 0 Å². The van der Waals surface area contributed by atoms with Crippen LogP contribution in [0.2, 0.25) is 0 Å². The Hall–Kier alpha value is -2.00. The van der Waals surface area contributed by atoms with Crippen molar-refractivity contribution < 1.29 is 4.74 Å². The topological polar surface area (TPSA) is 38.5 Å². The van der Waals surface area contributed by atoms with E-state index in [-0.39, 0.29) is 0 Å². The van der Waals surface area contributed by atoms with E-state index in [1.54, 1.807) is 7.11 Å². The molecular formula is C18H24N2O. The van der Waals surface area contributed by atoms with Crippen LogP contribution in [-0.2, 0) is 6.42 Å². The fourth-order valence-electron chi connectivity index (χ4n) is 2.46. The number of ether oxygens (including phenoxy) is 1. The van der Waals surface area contributed by atoms with E-state index in [4.69, 9.17) is 10.5 Å². The standard InChI is InChI=1S/C18H24N2O/c1-20(2)17-6-4-5-14(12-17)11-16(13-19)15-7-9-18(21-3)10-8-15/h4-10,12,16H,11,13,19H2,1-3H3. The number of hydrogen-bond acceptors (Lipinski definition) is 3. The van der Waals surface area contributed by atoms with E-state index in [1.165, 1.54) is 16.8 Å². The van der Waals surface area contributed by atoms with Crippen LogP contribution < -0.4 is 15.4 Å². The summed E-state index contributed by atoms with van der Waals surface area (Å²) in [5.41, 5.74) is 9.77. The second-order valence-electron chi connectivity index (χ2n) is 5.47. The third-order valence-corrected chi connectivity index (χ3v) is 3.78. The molecule has 0 aliphatic rings. The van der Waals surface area contributed by atoms with Gasteiger partial charge in [0.15, 0.2) is 0 Å². The van der Waals surface area contributed by atoms with E-state index < -0.39 is 0 Å². The maximum Gasteiger partial charge on any atom is 0.118 e. The lowest BCUT2D eigenvalue weighted by Crippen LogP contribution is -2.15. The zero-order valence-corrected chi connectivity index (χ0v) is 13.0. The maximum absolute atomic E-state index is 5.98. The number of nitrogens with zero attached hydrogens (tertiary/aromatic N) is 1. The van der Waals surface area contributed by atoms with Crippen molar-refractivity contribution in [2.24, 2.45) is 5.73 Å². The van der Waals surface area contributed by atoms with Gasteiger partial charge in [0.2, 0.25) is 0 Å². The van der Waals surface area contributed by atoms with E-state index >= 15 is 0 Å². The van der Waals surface area contributed by atoms with Crippen LogP contribution in [0.4, 0.5) is 5.69 Å². The summed E-state index contributed by atoms with van der Waals surface area (Å²) in [5.74, 6) is 1.21. The molecule has 21 heavy (non-hydrogen) atoms. The third kappa shape index (κ3) is 3.99. The largest absolute Gasteiger partial charge is 0.497 e. The summed E-state index contributed by atoms with van der Waals surface area (Å²) in [7, 11) is 5.80. The van der Waals surface area contributed by atoms with Gasteiger partial charge in [-0.3, -0.25) is 0 Å². The Morgan fingerprint density at radius 1 is 1.10 bits per heavy atom. The van der Waals surface area contributed by atoms with Gasteiger partial charge in [0.1, 0.15) is 5.75 Å². The van der Waals surface area contributed by atoms with Gasteiger partial charge in [0, 0.05) is 25.7 Å². The summed E-state index contributed by atoms with van der Waals surface area (Å²) in [6, 6.07) is 16.8. The molecule has 0 saturated heterocycles. The van der Waals surface area contributed by atoms with Crippen LogP contribution in [0, 0.1) is 0 Å². The van der Waals surface area contributed by atoms with E-state index in [9.17, 15) is 0 Å². The predicted molar refractivity (Wildman–Crippen MR) is 89.3 cm³/mol. The van der Waals surface area contributed by atoms with Gasteiger partial charge < -0.3 is 15.4 Å². The zero-order valence-electron chi connectivity index (χ0n) is 13.0. The Labute approximate surface area is 127 Å². The fraction of sp³-hybridized carbons (Fsp3) is 0.333. The summed E-state index contributed by atoms with van der Waals surface area (Å²) >= 11 is 0. The van der Waals surface area contributed by atoms with Gasteiger partial charge in [-0.05, 0) is 48.4 Å². The van der Waals surface area contributed by atoms with Crippen LogP contribution in [0.3, 0.4) is 0 Å². The molecule has 2 N–H and O–H groups in total. The summed E-state index contributed by atoms with van der Waals surface area (Å²) in [5, 5.41) is 0. The van der Waals surface area contributed by atoms with Crippen LogP contribution in [0.5, 0.6) is 5.75 Å². The highest BCUT2D eigenvalue weighted by molar-refractivity contribution is 5.47. The van der Waals surface area contributed by atoms with E-state index in [0.29, 0.717) is 12.5 Å². The SMILES string of the molecule is COc1ccc(C(CN)Cc2cccc(N(C)C)c2)cc1. The lowest BCUT2D eigenvalue weighted by molar-refractivity contribution is 0.414. The quantitative estimate of drug-likeness (QED) is 0.886. The molecule has 0 amide bonds. The van der Waals surface area contributed by atoms with Crippen molar-refractivity contribution in [1.82, 2.24) is 0 Å². The van der Waals surface area contributed by atoms with Gasteiger partial charge in [-0.15, -0.1) is 0 Å². The Morgan fingerprint density at radius 3 is 2.38 bits per heavy atom. The van der Waals surface area contributed by atoms with Crippen LogP contribution in [0.15, 0.2) is 48.5 Å². The third-order valence-electron chi connectivity index (χ3n) is 3.78. The maximum atomic E-state index is 5.98. The molecule has 0 aromatic heterocycles. The molecule has 0 radical (unpaired) electrons. The summed E-state index contributed by atoms with van der Waals surface area (Å²) in [6.07, 6.45) is 0.949. The lowest BCUT2D eigenvalue weighted by atomic mass is 9.92. The molecule has 0 bridgehead atoms. The van der Waals surface area contributed by atoms with E-state index in [1.807, 2.05) is 12.1 Å². The highest BCUT2D eigenvalue weighted by Gasteiger charge is 2.11. The number of methoxy groups -OCH3 is 1. The number of rotatable bonds is 6. The molecule has 0 fully saturated rings. The minimum absolute atomic E-state index is 0.327. The van der Waals surface area contributed by atoms with Crippen LogP contribution in [0.25, 0.3) is 0 Å². The molecule has 2 aromatic rings. The summed E-state index contributed by atoms with van der Waals surface area (Å²) in [6.45, 7) is 0.637. The molecule has 0 aliphatic heterocycles. The van der Waals surface area contributed by atoms with Crippen molar-refractivity contribution >= 4 is 5.69 Å². The van der Waals surface area contributed by atoms with Crippen molar-refractivity contribution in [3.05, 3.63) is 59.7 Å². The Morgan fingerprint density at radius 2 is 1.81 bits per heavy atom. The monoisotopic (exact) mass is 284 g/mol. The normalized spacial score (nSPS) is 12.0. The number of anilines is 1. The first-order valence-electron chi connectivity index (χ1n) is 7.24. The molecule has 2 aromatic carbocycles. The molecule has 0 heterocycles. The molecule has 112 valence electrons. The van der Waals surface area contributed by atoms with Crippen LogP contribution >= 0.6 is 0 Å². The molecule has 0 spiro atoms. The fourth-order valence-corrected chi connectivity index (χ4v) is 2.46. The van der Waals surface area contributed by atoms with Crippen molar-refractivity contribution in [3.63, 3.8) is 0 Å². The Balaban J connectivity index is 2.16. The van der Waals surface area contributed by atoms with Crippen molar-refractivity contribution in [2.45, 2.75) is 12.3 Å². The lowest BCUT2D eigenvalue weighted by Gasteiger charge is -2.18. The molecular weight excluding hydrogens is 260 g/mol. The molecule has 0 saturated carbocycles. The molecule has 1 atom stereocenters. The molecule has 3 heteroatoms. The highest BCUT2D eigenvalue weighted by Crippen LogP contribution is 2.24. The Kier molecular flexibility index (Phi) is 5.23. The minimum Gasteiger partial charge on any atom is -0.497 e. The van der Waals surface area contributed by atoms with Gasteiger partial charge >= 0.3 is 0 Å². The first-order chi connectivity index (χ1) is 10.1. The zero-order chi connectivity index (χ0) is 15.2. The highest BCUT2D eigenvalue weighted by atomic mass is 16.5. The summed E-state index contributed by atoms with van der Waals surface area (Å²) < 4.78 is 5.21. The minimum atomic E-state index is 0.327.